The number of aryl methyl sites for hydroxylation is 1. The maximum atomic E-state index is 12.1. The summed E-state index contributed by atoms with van der Waals surface area (Å²) in [6.45, 7) is 5.95. The molecule has 1 heterocycles. The first-order chi connectivity index (χ1) is 7.92. The summed E-state index contributed by atoms with van der Waals surface area (Å²) in [5.41, 5.74) is 0.690. The van der Waals surface area contributed by atoms with Crippen molar-refractivity contribution >= 4 is 21.4 Å². The van der Waals surface area contributed by atoms with Crippen molar-refractivity contribution in [1.29, 1.82) is 0 Å². The highest BCUT2D eigenvalue weighted by molar-refractivity contribution is 7.89. The summed E-state index contributed by atoms with van der Waals surface area (Å²) in [5, 5.41) is 10.9. The van der Waals surface area contributed by atoms with Crippen LogP contribution in [-0.4, -0.2) is 20.1 Å². The molecule has 6 heteroatoms. The Bertz CT molecular complexity index is 465. The number of hydrogen-bond donors (Lipinski definition) is 2. The minimum Gasteiger partial charge on any atom is -0.391 e. The molecule has 1 rings (SSSR count). The third-order valence-electron chi connectivity index (χ3n) is 2.72. The van der Waals surface area contributed by atoms with Crippen molar-refractivity contribution in [3.8, 4) is 0 Å². The van der Waals surface area contributed by atoms with Crippen LogP contribution in [0.5, 0.6) is 0 Å². The lowest BCUT2D eigenvalue weighted by molar-refractivity contribution is 0.282. The molecule has 0 aliphatic carbocycles. The number of aliphatic hydroxyl groups is 1. The van der Waals surface area contributed by atoms with E-state index in [4.69, 9.17) is 5.11 Å². The van der Waals surface area contributed by atoms with Gasteiger partial charge in [-0.05, 0) is 23.8 Å². The van der Waals surface area contributed by atoms with Gasteiger partial charge in [-0.1, -0.05) is 20.3 Å². The number of nitrogens with one attached hydrogen (secondary N) is 1. The SMILES string of the molecule is CCC(C)CNS(=O)(=O)c1c(C)csc1CO. The Labute approximate surface area is 107 Å². The van der Waals surface area contributed by atoms with Gasteiger partial charge < -0.3 is 5.11 Å². The fraction of sp³-hybridized carbons (Fsp3) is 0.636. The van der Waals surface area contributed by atoms with Gasteiger partial charge in [0.1, 0.15) is 4.90 Å². The van der Waals surface area contributed by atoms with Crippen LogP contribution in [0.1, 0.15) is 30.7 Å². The van der Waals surface area contributed by atoms with Crippen molar-refractivity contribution in [2.45, 2.75) is 38.7 Å². The largest absolute Gasteiger partial charge is 0.391 e. The van der Waals surface area contributed by atoms with E-state index in [-0.39, 0.29) is 11.5 Å². The molecule has 1 atom stereocenters. The highest BCUT2D eigenvalue weighted by Gasteiger charge is 2.22. The Morgan fingerprint density at radius 1 is 1.53 bits per heavy atom. The van der Waals surface area contributed by atoms with E-state index in [9.17, 15) is 8.42 Å². The van der Waals surface area contributed by atoms with E-state index < -0.39 is 10.0 Å². The molecule has 98 valence electrons. The van der Waals surface area contributed by atoms with E-state index in [1.807, 2.05) is 13.8 Å². The summed E-state index contributed by atoms with van der Waals surface area (Å²) in [6, 6.07) is 0. The molecule has 1 aromatic rings. The van der Waals surface area contributed by atoms with Gasteiger partial charge in [-0.25, -0.2) is 13.1 Å². The molecular formula is C11H19NO3S2. The van der Waals surface area contributed by atoms with Gasteiger partial charge in [-0.15, -0.1) is 11.3 Å². The van der Waals surface area contributed by atoms with Crippen LogP contribution >= 0.6 is 11.3 Å². The van der Waals surface area contributed by atoms with Crippen molar-refractivity contribution in [2.24, 2.45) is 5.92 Å². The molecule has 1 aromatic heterocycles. The fourth-order valence-corrected chi connectivity index (χ4v) is 4.25. The second-order valence-electron chi connectivity index (χ2n) is 4.19. The van der Waals surface area contributed by atoms with Gasteiger partial charge in [0, 0.05) is 6.54 Å². The lowest BCUT2D eigenvalue weighted by Gasteiger charge is -2.11. The van der Waals surface area contributed by atoms with Crippen molar-refractivity contribution in [3.63, 3.8) is 0 Å². The number of rotatable bonds is 6. The van der Waals surface area contributed by atoms with Crippen molar-refractivity contribution in [2.75, 3.05) is 6.54 Å². The summed E-state index contributed by atoms with van der Waals surface area (Å²) in [6.07, 6.45) is 0.929. The molecule has 0 saturated carbocycles. The minimum atomic E-state index is -3.50. The first-order valence-corrected chi connectivity index (χ1v) is 7.96. The van der Waals surface area contributed by atoms with Crippen LogP contribution in [0.4, 0.5) is 0 Å². The molecule has 0 saturated heterocycles. The Morgan fingerprint density at radius 2 is 2.18 bits per heavy atom. The predicted octanol–water partition coefficient (Wildman–Crippen LogP) is 1.87. The first kappa shape index (κ1) is 14.6. The monoisotopic (exact) mass is 277 g/mol. The summed E-state index contributed by atoms with van der Waals surface area (Å²) >= 11 is 1.27. The normalized spacial score (nSPS) is 13.9. The van der Waals surface area contributed by atoms with Gasteiger partial charge in [0.25, 0.3) is 0 Å². The zero-order chi connectivity index (χ0) is 13.1. The Hall–Kier alpha value is -0.430. The van der Waals surface area contributed by atoms with Crippen molar-refractivity contribution in [3.05, 3.63) is 15.8 Å². The summed E-state index contributed by atoms with van der Waals surface area (Å²) in [7, 11) is -3.50. The van der Waals surface area contributed by atoms with Gasteiger partial charge in [-0.2, -0.15) is 0 Å². The third-order valence-corrected chi connectivity index (χ3v) is 5.59. The van der Waals surface area contributed by atoms with Gasteiger partial charge >= 0.3 is 0 Å². The van der Waals surface area contributed by atoms with Crippen molar-refractivity contribution < 1.29 is 13.5 Å². The lowest BCUT2D eigenvalue weighted by Crippen LogP contribution is -2.29. The molecule has 0 bridgehead atoms. The molecule has 0 aliphatic heterocycles. The molecule has 0 aliphatic rings. The van der Waals surface area contributed by atoms with Crippen LogP contribution in [0.2, 0.25) is 0 Å². The van der Waals surface area contributed by atoms with Gasteiger partial charge in [-0.3, -0.25) is 0 Å². The third kappa shape index (κ3) is 3.51. The predicted molar refractivity (Wildman–Crippen MR) is 69.6 cm³/mol. The average Bonchev–Trinajstić information content (AvgIpc) is 2.68. The second-order valence-corrected chi connectivity index (χ2v) is 6.86. The van der Waals surface area contributed by atoms with E-state index >= 15 is 0 Å². The lowest BCUT2D eigenvalue weighted by atomic mass is 10.1. The molecule has 0 spiro atoms. The zero-order valence-electron chi connectivity index (χ0n) is 10.4. The highest BCUT2D eigenvalue weighted by atomic mass is 32.2. The van der Waals surface area contributed by atoms with Crippen LogP contribution in [0.15, 0.2) is 10.3 Å². The Morgan fingerprint density at radius 3 is 2.71 bits per heavy atom. The van der Waals surface area contributed by atoms with E-state index in [1.165, 1.54) is 11.3 Å². The maximum absolute atomic E-state index is 12.1. The van der Waals surface area contributed by atoms with Crippen LogP contribution in [0, 0.1) is 12.8 Å². The second kappa shape index (κ2) is 5.95. The molecule has 0 fully saturated rings. The quantitative estimate of drug-likeness (QED) is 0.834. The number of thiophene rings is 1. The van der Waals surface area contributed by atoms with Gasteiger partial charge in [0.15, 0.2) is 0 Å². The number of hydrogen-bond acceptors (Lipinski definition) is 4. The molecule has 4 nitrogen and oxygen atoms in total. The van der Waals surface area contributed by atoms with Gasteiger partial charge in [0.2, 0.25) is 10.0 Å². The van der Waals surface area contributed by atoms with Crippen LogP contribution in [0.3, 0.4) is 0 Å². The van der Waals surface area contributed by atoms with Crippen LogP contribution in [0.25, 0.3) is 0 Å². The molecule has 17 heavy (non-hydrogen) atoms. The summed E-state index contributed by atoms with van der Waals surface area (Å²) in [5.74, 6) is 0.307. The average molecular weight is 277 g/mol. The molecule has 0 radical (unpaired) electrons. The molecule has 2 N–H and O–H groups in total. The molecule has 0 aromatic carbocycles. The van der Waals surface area contributed by atoms with E-state index in [0.717, 1.165) is 6.42 Å². The van der Waals surface area contributed by atoms with E-state index in [2.05, 4.69) is 4.72 Å². The summed E-state index contributed by atoms with van der Waals surface area (Å²) < 4.78 is 26.8. The topological polar surface area (TPSA) is 66.4 Å². The number of sulfonamides is 1. The van der Waals surface area contributed by atoms with Crippen LogP contribution in [-0.2, 0) is 16.6 Å². The Balaban J connectivity index is 2.93. The van der Waals surface area contributed by atoms with Crippen LogP contribution < -0.4 is 4.72 Å². The van der Waals surface area contributed by atoms with E-state index in [1.54, 1.807) is 12.3 Å². The molecular weight excluding hydrogens is 258 g/mol. The maximum Gasteiger partial charge on any atom is 0.242 e. The smallest absolute Gasteiger partial charge is 0.242 e. The highest BCUT2D eigenvalue weighted by Crippen LogP contribution is 2.26. The summed E-state index contributed by atoms with van der Waals surface area (Å²) in [4.78, 5) is 0.743. The standard InChI is InChI=1S/C11H19NO3S2/c1-4-8(2)5-12-17(14,15)11-9(3)7-16-10(11)6-13/h7-8,12-13H,4-6H2,1-3H3. The first-order valence-electron chi connectivity index (χ1n) is 5.59. The zero-order valence-corrected chi connectivity index (χ0v) is 12.0. The molecule has 1 unspecified atom stereocenters. The minimum absolute atomic E-state index is 0.238. The molecule has 0 amide bonds. The van der Waals surface area contributed by atoms with E-state index in [0.29, 0.717) is 22.9 Å². The van der Waals surface area contributed by atoms with Gasteiger partial charge in [0.05, 0.1) is 11.5 Å². The number of aliphatic hydroxyl groups excluding tert-OH is 1. The Kier molecular flexibility index (Phi) is 5.12. The van der Waals surface area contributed by atoms with Crippen molar-refractivity contribution in [1.82, 2.24) is 4.72 Å². The fourth-order valence-electron chi connectivity index (χ4n) is 1.43.